The van der Waals surface area contributed by atoms with Crippen LogP contribution >= 0.6 is 28.3 Å². The van der Waals surface area contributed by atoms with Gasteiger partial charge in [0.2, 0.25) is 5.91 Å². The lowest BCUT2D eigenvalue weighted by molar-refractivity contribution is -0.128. The highest BCUT2D eigenvalue weighted by Crippen LogP contribution is 2.33. The number of amides is 1. The number of nitrogens with two attached hydrogens (primary N) is 1. The zero-order chi connectivity index (χ0) is 16.3. The van der Waals surface area contributed by atoms with Gasteiger partial charge in [-0.15, -0.1) is 12.4 Å². The van der Waals surface area contributed by atoms with E-state index in [0.717, 1.165) is 41.5 Å². The third-order valence-electron chi connectivity index (χ3n) is 4.61. The number of carbonyl (C=O) groups excluding carboxylic acids is 1. The van der Waals surface area contributed by atoms with Crippen molar-refractivity contribution in [3.05, 3.63) is 28.2 Å². The smallest absolute Gasteiger partial charge is 0.225 e. The van der Waals surface area contributed by atoms with Gasteiger partial charge in [0.15, 0.2) is 0 Å². The Hall–Kier alpha value is -0.780. The van der Waals surface area contributed by atoms with Crippen molar-refractivity contribution in [3.8, 4) is 5.75 Å². The molecule has 1 saturated carbocycles. The summed E-state index contributed by atoms with van der Waals surface area (Å²) in [7, 11) is 1.64. The van der Waals surface area contributed by atoms with E-state index in [1.807, 2.05) is 32.0 Å². The van der Waals surface area contributed by atoms with Gasteiger partial charge in [0.1, 0.15) is 5.75 Å². The number of benzene rings is 1. The summed E-state index contributed by atoms with van der Waals surface area (Å²) >= 11 is 3.48. The molecule has 0 saturated heterocycles. The van der Waals surface area contributed by atoms with Crippen molar-refractivity contribution in [2.75, 3.05) is 7.11 Å². The van der Waals surface area contributed by atoms with E-state index in [2.05, 4.69) is 21.2 Å². The Morgan fingerprint density at radius 1 is 1.48 bits per heavy atom. The number of nitrogens with one attached hydrogen (secondary N) is 1. The van der Waals surface area contributed by atoms with E-state index in [9.17, 15) is 4.79 Å². The summed E-state index contributed by atoms with van der Waals surface area (Å²) in [5.74, 6) is 0.735. The molecule has 0 aliphatic heterocycles. The summed E-state index contributed by atoms with van der Waals surface area (Å²) in [6.45, 7) is 3.98. The van der Waals surface area contributed by atoms with Crippen LogP contribution in [-0.4, -0.2) is 18.6 Å². The second kappa shape index (κ2) is 8.36. The van der Waals surface area contributed by atoms with E-state index in [-0.39, 0.29) is 30.3 Å². The van der Waals surface area contributed by atoms with E-state index >= 15 is 0 Å². The van der Waals surface area contributed by atoms with E-state index in [1.54, 1.807) is 7.11 Å². The molecule has 0 bridgehead atoms. The Morgan fingerprint density at radius 3 is 2.74 bits per heavy atom. The average molecular weight is 406 g/mol. The topological polar surface area (TPSA) is 64.3 Å². The lowest BCUT2D eigenvalue weighted by atomic mass is 9.74. The van der Waals surface area contributed by atoms with Crippen LogP contribution < -0.4 is 15.8 Å². The predicted molar refractivity (Wildman–Crippen MR) is 99.1 cm³/mol. The van der Waals surface area contributed by atoms with Gasteiger partial charge in [0.25, 0.3) is 0 Å². The lowest BCUT2D eigenvalue weighted by Crippen LogP contribution is -2.53. The van der Waals surface area contributed by atoms with Crippen molar-refractivity contribution in [1.29, 1.82) is 0 Å². The van der Waals surface area contributed by atoms with Crippen molar-refractivity contribution < 1.29 is 9.53 Å². The van der Waals surface area contributed by atoms with Crippen molar-refractivity contribution >= 4 is 34.2 Å². The van der Waals surface area contributed by atoms with Crippen LogP contribution in [0.2, 0.25) is 0 Å². The van der Waals surface area contributed by atoms with Crippen LogP contribution in [0.3, 0.4) is 0 Å². The number of rotatable bonds is 4. The first-order chi connectivity index (χ1) is 10.3. The molecule has 2 rings (SSSR count). The Kier molecular flexibility index (Phi) is 7.36. The van der Waals surface area contributed by atoms with Gasteiger partial charge in [0.05, 0.1) is 23.5 Å². The largest absolute Gasteiger partial charge is 0.496 e. The molecule has 6 heteroatoms. The molecular weight excluding hydrogens is 380 g/mol. The van der Waals surface area contributed by atoms with Gasteiger partial charge in [-0.2, -0.15) is 0 Å². The van der Waals surface area contributed by atoms with Crippen LogP contribution in [0.4, 0.5) is 0 Å². The van der Waals surface area contributed by atoms with Crippen molar-refractivity contribution in [1.82, 2.24) is 5.32 Å². The van der Waals surface area contributed by atoms with E-state index in [1.165, 1.54) is 0 Å². The van der Waals surface area contributed by atoms with Crippen LogP contribution in [0.15, 0.2) is 22.7 Å². The van der Waals surface area contributed by atoms with Gasteiger partial charge in [-0.25, -0.2) is 0 Å². The molecule has 0 radical (unpaired) electrons. The first kappa shape index (κ1) is 20.3. The van der Waals surface area contributed by atoms with Crippen molar-refractivity contribution in [2.45, 2.75) is 51.1 Å². The zero-order valence-corrected chi connectivity index (χ0v) is 16.3. The van der Waals surface area contributed by atoms with Gasteiger partial charge in [-0.3, -0.25) is 4.79 Å². The molecule has 1 aromatic rings. The molecule has 1 aromatic carbocycles. The Balaban J connectivity index is 0.00000264. The van der Waals surface area contributed by atoms with Crippen LogP contribution in [0.25, 0.3) is 0 Å². The zero-order valence-electron chi connectivity index (χ0n) is 13.9. The molecule has 0 heterocycles. The molecule has 1 amide bonds. The fourth-order valence-electron chi connectivity index (χ4n) is 3.14. The second-order valence-corrected chi connectivity index (χ2v) is 7.28. The fourth-order valence-corrected chi connectivity index (χ4v) is 3.70. The molecule has 3 unspecified atom stereocenters. The normalized spacial score (nSPS) is 25.2. The molecule has 1 aliphatic carbocycles. The van der Waals surface area contributed by atoms with Crippen LogP contribution in [0.5, 0.6) is 5.75 Å². The molecule has 0 spiro atoms. The first-order valence-corrected chi connectivity index (χ1v) is 8.57. The number of hydrogen-bond acceptors (Lipinski definition) is 3. The highest BCUT2D eigenvalue weighted by molar-refractivity contribution is 9.10. The summed E-state index contributed by atoms with van der Waals surface area (Å²) in [6.07, 6.45) is 3.97. The molecule has 4 nitrogen and oxygen atoms in total. The number of halogens is 2. The summed E-state index contributed by atoms with van der Waals surface area (Å²) in [6, 6.07) is 5.78. The maximum Gasteiger partial charge on any atom is 0.225 e. The summed E-state index contributed by atoms with van der Waals surface area (Å²) in [4.78, 5) is 12.6. The summed E-state index contributed by atoms with van der Waals surface area (Å²) in [5.41, 5.74) is 6.95. The standard InChI is InChI=1S/C17H25BrN2O2.ClH/c1-11(12-7-8-15(22-3)14(18)10-12)20-16(21)13-6-4-5-9-17(13,2)19;/h7-8,10-11,13H,4-6,9,19H2,1-3H3,(H,20,21);1H. The third kappa shape index (κ3) is 4.85. The Bertz CT molecular complexity index is 551. The monoisotopic (exact) mass is 404 g/mol. The molecule has 23 heavy (non-hydrogen) atoms. The van der Waals surface area contributed by atoms with Crippen molar-refractivity contribution in [2.24, 2.45) is 11.7 Å². The molecular formula is C17H26BrClN2O2. The Morgan fingerprint density at radius 2 is 2.17 bits per heavy atom. The predicted octanol–water partition coefficient (Wildman–Crippen LogP) is 3.96. The second-order valence-electron chi connectivity index (χ2n) is 6.43. The fraction of sp³-hybridized carbons (Fsp3) is 0.588. The van der Waals surface area contributed by atoms with Gasteiger partial charge in [-0.05, 0) is 60.3 Å². The van der Waals surface area contributed by atoms with Gasteiger partial charge >= 0.3 is 0 Å². The summed E-state index contributed by atoms with van der Waals surface area (Å²) in [5, 5.41) is 3.11. The maximum atomic E-state index is 12.6. The molecule has 1 aliphatic rings. The highest BCUT2D eigenvalue weighted by Gasteiger charge is 2.38. The number of carbonyl (C=O) groups is 1. The minimum atomic E-state index is -0.400. The SMILES string of the molecule is COc1ccc(C(C)NC(=O)C2CCCCC2(C)N)cc1Br.Cl. The van der Waals surface area contributed by atoms with Gasteiger partial charge < -0.3 is 15.8 Å². The van der Waals surface area contributed by atoms with Gasteiger partial charge in [0, 0.05) is 5.54 Å². The third-order valence-corrected chi connectivity index (χ3v) is 5.23. The molecule has 1 fully saturated rings. The number of methoxy groups -OCH3 is 1. The first-order valence-electron chi connectivity index (χ1n) is 7.78. The minimum absolute atomic E-state index is 0. The molecule has 130 valence electrons. The maximum absolute atomic E-state index is 12.6. The minimum Gasteiger partial charge on any atom is -0.496 e. The van der Waals surface area contributed by atoms with Gasteiger partial charge in [-0.1, -0.05) is 18.9 Å². The van der Waals surface area contributed by atoms with E-state index in [4.69, 9.17) is 10.5 Å². The van der Waals surface area contributed by atoms with Crippen LogP contribution in [0.1, 0.15) is 51.1 Å². The number of hydrogen-bond donors (Lipinski definition) is 2. The van der Waals surface area contributed by atoms with Crippen LogP contribution in [0, 0.1) is 5.92 Å². The van der Waals surface area contributed by atoms with E-state index < -0.39 is 5.54 Å². The average Bonchev–Trinajstić information content (AvgIpc) is 2.46. The molecule has 3 N–H and O–H groups in total. The van der Waals surface area contributed by atoms with E-state index in [0.29, 0.717) is 0 Å². The van der Waals surface area contributed by atoms with Crippen molar-refractivity contribution in [3.63, 3.8) is 0 Å². The molecule has 3 atom stereocenters. The van der Waals surface area contributed by atoms with Crippen LogP contribution in [-0.2, 0) is 4.79 Å². The Labute approximate surface area is 153 Å². The highest BCUT2D eigenvalue weighted by atomic mass is 79.9. The summed E-state index contributed by atoms with van der Waals surface area (Å²) < 4.78 is 6.12. The molecule has 0 aromatic heterocycles. The lowest BCUT2D eigenvalue weighted by Gasteiger charge is -2.37. The quantitative estimate of drug-likeness (QED) is 0.797. The number of ether oxygens (including phenoxy) is 1.